The van der Waals surface area contributed by atoms with Gasteiger partial charge in [-0.1, -0.05) is 24.7 Å². The molecule has 0 aliphatic carbocycles. The maximum atomic E-state index is 13.3. The molecule has 3 rings (SSSR count). The average molecular weight is 444 g/mol. The molecule has 2 aromatic carbocycles. The highest BCUT2D eigenvalue weighted by Gasteiger charge is 2.22. The van der Waals surface area contributed by atoms with Gasteiger partial charge in [-0.3, -0.25) is 14.2 Å². The van der Waals surface area contributed by atoms with Gasteiger partial charge in [0.2, 0.25) is 0 Å². The fourth-order valence-electron chi connectivity index (χ4n) is 3.40. The number of hydrogen-bond acceptors (Lipinski definition) is 4. The van der Waals surface area contributed by atoms with Crippen molar-refractivity contribution in [3.8, 4) is 5.75 Å². The van der Waals surface area contributed by atoms with Crippen LogP contribution in [0.25, 0.3) is 10.9 Å². The van der Waals surface area contributed by atoms with Crippen LogP contribution in [0.15, 0.2) is 42.5 Å². The van der Waals surface area contributed by atoms with Crippen LogP contribution in [-0.2, 0) is 16.0 Å². The van der Waals surface area contributed by atoms with Crippen LogP contribution in [0.4, 0.5) is 0 Å². The van der Waals surface area contributed by atoms with Crippen LogP contribution in [0.1, 0.15) is 21.6 Å². The summed E-state index contributed by atoms with van der Waals surface area (Å²) in [7, 11) is 0.815. The number of fused-ring (bicyclic) bond motifs is 1. The van der Waals surface area contributed by atoms with Gasteiger partial charge in [0.1, 0.15) is 5.75 Å². The number of methoxy groups -OCH3 is 1. The van der Waals surface area contributed by atoms with Gasteiger partial charge in [-0.05, 0) is 61.0 Å². The Morgan fingerprint density at radius 1 is 1.10 bits per heavy atom. The lowest BCUT2D eigenvalue weighted by Crippen LogP contribution is -2.15. The van der Waals surface area contributed by atoms with Crippen molar-refractivity contribution in [2.24, 2.45) is 0 Å². The van der Waals surface area contributed by atoms with E-state index in [2.05, 4.69) is 13.1 Å². The molecule has 0 unspecified atom stereocenters. The van der Waals surface area contributed by atoms with E-state index < -0.39 is 8.80 Å². The molecule has 0 N–H and O–H groups in total. The zero-order chi connectivity index (χ0) is 21.8. The Labute approximate surface area is 183 Å². The van der Waals surface area contributed by atoms with Crippen molar-refractivity contribution >= 4 is 43.2 Å². The quantitative estimate of drug-likeness (QED) is 0.386. The Balaban J connectivity index is 2.01. The van der Waals surface area contributed by atoms with Gasteiger partial charge >= 0.3 is 5.97 Å². The maximum absolute atomic E-state index is 13.3. The Kier molecular flexibility index (Phi) is 7.00. The third kappa shape index (κ3) is 4.76. The molecule has 0 atom stereocenters. The second-order valence-electron chi connectivity index (χ2n) is 7.67. The fraction of sp³-hybridized carbons (Fsp3) is 0.304. The Hall–Kier alpha value is -2.57. The number of hydrogen-bond donors (Lipinski definition) is 0. The molecular weight excluding hydrogens is 418 g/mol. The number of ether oxygens (including phenoxy) is 2. The first-order valence-corrected chi connectivity index (χ1v) is 13.5. The van der Waals surface area contributed by atoms with E-state index in [1.165, 1.54) is 0 Å². The summed E-state index contributed by atoms with van der Waals surface area (Å²) in [6.45, 7) is 6.75. The van der Waals surface area contributed by atoms with Gasteiger partial charge in [0.15, 0.2) is 0 Å². The molecule has 0 saturated heterocycles. The second kappa shape index (κ2) is 9.49. The lowest BCUT2D eigenvalue weighted by atomic mass is 10.1. The van der Waals surface area contributed by atoms with Gasteiger partial charge in [-0.25, -0.2) is 0 Å². The Bertz CT molecular complexity index is 1070. The minimum atomic E-state index is -0.776. The summed E-state index contributed by atoms with van der Waals surface area (Å²) in [5.74, 6) is 0.206. The third-order valence-electron chi connectivity index (χ3n) is 5.12. The van der Waals surface area contributed by atoms with Gasteiger partial charge in [0.25, 0.3) is 5.91 Å². The zero-order valence-electron chi connectivity index (χ0n) is 17.7. The normalized spacial score (nSPS) is 11.1. The summed E-state index contributed by atoms with van der Waals surface area (Å²) in [6, 6.07) is 13.2. The van der Waals surface area contributed by atoms with E-state index in [9.17, 15) is 9.59 Å². The number of halogens is 1. The van der Waals surface area contributed by atoms with Gasteiger partial charge in [-0.15, -0.1) is 0 Å². The average Bonchev–Trinajstić information content (AvgIpc) is 2.98. The Morgan fingerprint density at radius 3 is 2.43 bits per heavy atom. The standard InChI is InChI=1S/C23H26ClNO4Si/c1-15-19(14-22(26)29-11-12-30(3)4)20-13-18(28-2)9-10-21(20)25(15)23(27)16-5-7-17(24)8-6-16/h5-10,13,30H,11-12,14H2,1-4H3. The summed E-state index contributed by atoms with van der Waals surface area (Å²) in [4.78, 5) is 25.8. The van der Waals surface area contributed by atoms with Crippen molar-refractivity contribution in [2.75, 3.05) is 13.7 Å². The maximum Gasteiger partial charge on any atom is 0.310 e. The first kappa shape index (κ1) is 22.1. The van der Waals surface area contributed by atoms with Crippen molar-refractivity contribution in [1.82, 2.24) is 4.57 Å². The topological polar surface area (TPSA) is 57.5 Å². The van der Waals surface area contributed by atoms with E-state index >= 15 is 0 Å². The van der Waals surface area contributed by atoms with Gasteiger partial charge in [-0.2, -0.15) is 0 Å². The van der Waals surface area contributed by atoms with Crippen LogP contribution >= 0.6 is 11.6 Å². The minimum Gasteiger partial charge on any atom is -0.497 e. The fourth-order valence-corrected chi connectivity index (χ4v) is 4.11. The number of benzene rings is 2. The van der Waals surface area contributed by atoms with Crippen LogP contribution in [0, 0.1) is 6.92 Å². The summed E-state index contributed by atoms with van der Waals surface area (Å²) in [6.07, 6.45) is 0.107. The minimum absolute atomic E-state index is 0.107. The number of carbonyl (C=O) groups excluding carboxylic acids is 2. The van der Waals surface area contributed by atoms with E-state index in [0.717, 1.165) is 22.5 Å². The lowest BCUT2D eigenvalue weighted by molar-refractivity contribution is -0.142. The molecule has 0 aliphatic heterocycles. The molecule has 3 aromatic rings. The van der Waals surface area contributed by atoms with Crippen molar-refractivity contribution in [2.45, 2.75) is 32.5 Å². The highest BCUT2D eigenvalue weighted by Crippen LogP contribution is 2.31. The predicted octanol–water partition coefficient (Wildman–Crippen LogP) is 4.87. The Morgan fingerprint density at radius 2 is 1.80 bits per heavy atom. The molecule has 7 heteroatoms. The summed E-state index contributed by atoms with van der Waals surface area (Å²) < 4.78 is 12.4. The molecule has 0 radical (unpaired) electrons. The van der Waals surface area contributed by atoms with Crippen LogP contribution in [0.3, 0.4) is 0 Å². The molecule has 5 nitrogen and oxygen atoms in total. The van der Waals surface area contributed by atoms with Crippen molar-refractivity contribution < 1.29 is 19.1 Å². The van der Waals surface area contributed by atoms with Crippen molar-refractivity contribution in [3.05, 3.63) is 64.3 Å². The highest BCUT2D eigenvalue weighted by atomic mass is 35.5. The van der Waals surface area contributed by atoms with Crippen LogP contribution < -0.4 is 4.74 Å². The summed E-state index contributed by atoms with van der Waals surface area (Å²) >= 11 is 5.96. The molecule has 0 amide bonds. The van der Waals surface area contributed by atoms with E-state index in [4.69, 9.17) is 21.1 Å². The number of carbonyl (C=O) groups is 2. The molecular formula is C23H26ClNO4Si. The lowest BCUT2D eigenvalue weighted by Gasteiger charge is -2.08. The van der Waals surface area contributed by atoms with Crippen LogP contribution in [0.5, 0.6) is 5.75 Å². The van der Waals surface area contributed by atoms with Gasteiger partial charge < -0.3 is 9.47 Å². The van der Waals surface area contributed by atoms with Gasteiger partial charge in [0, 0.05) is 30.5 Å². The molecule has 0 fully saturated rings. The third-order valence-corrected chi connectivity index (χ3v) is 6.76. The smallest absolute Gasteiger partial charge is 0.310 e. The summed E-state index contributed by atoms with van der Waals surface area (Å²) in [5, 5.41) is 1.38. The predicted molar refractivity (Wildman–Crippen MR) is 123 cm³/mol. The number of esters is 1. The van der Waals surface area contributed by atoms with Crippen molar-refractivity contribution in [3.63, 3.8) is 0 Å². The SMILES string of the molecule is COc1ccc2c(c1)c(CC(=O)OCC[SiH](C)C)c(C)n2C(=O)c1ccc(Cl)cc1. The van der Waals surface area contributed by atoms with E-state index in [0.29, 0.717) is 28.6 Å². The first-order valence-electron chi connectivity index (χ1n) is 9.95. The van der Waals surface area contributed by atoms with Crippen LogP contribution in [-0.4, -0.2) is 39.0 Å². The number of aromatic nitrogens is 1. The summed E-state index contributed by atoms with van der Waals surface area (Å²) in [5.41, 5.74) is 2.74. The molecule has 0 aliphatic rings. The molecule has 30 heavy (non-hydrogen) atoms. The van der Waals surface area contributed by atoms with Crippen molar-refractivity contribution in [1.29, 1.82) is 0 Å². The molecule has 158 valence electrons. The monoisotopic (exact) mass is 443 g/mol. The first-order chi connectivity index (χ1) is 14.3. The zero-order valence-corrected chi connectivity index (χ0v) is 19.6. The second-order valence-corrected chi connectivity index (χ2v) is 11.5. The molecule has 0 bridgehead atoms. The molecule has 1 aromatic heterocycles. The number of rotatable bonds is 7. The van der Waals surface area contributed by atoms with E-state index in [1.807, 2.05) is 25.1 Å². The molecule has 0 saturated carbocycles. The number of nitrogens with zero attached hydrogens (tertiary/aromatic N) is 1. The molecule has 1 heterocycles. The highest BCUT2D eigenvalue weighted by molar-refractivity contribution is 6.55. The van der Waals surface area contributed by atoms with Crippen LogP contribution in [0.2, 0.25) is 24.2 Å². The largest absolute Gasteiger partial charge is 0.497 e. The van der Waals surface area contributed by atoms with Gasteiger partial charge in [0.05, 0.1) is 25.7 Å². The van der Waals surface area contributed by atoms with E-state index in [1.54, 1.807) is 35.9 Å². The van der Waals surface area contributed by atoms with E-state index in [-0.39, 0.29) is 18.3 Å². The molecule has 0 spiro atoms.